The van der Waals surface area contributed by atoms with E-state index in [9.17, 15) is 0 Å². The Kier molecular flexibility index (Phi) is 2.26. The van der Waals surface area contributed by atoms with Gasteiger partial charge in [0.1, 0.15) is 5.82 Å². The van der Waals surface area contributed by atoms with E-state index in [4.69, 9.17) is 5.73 Å². The summed E-state index contributed by atoms with van der Waals surface area (Å²) in [4.78, 5) is 0. The first-order valence-electron chi connectivity index (χ1n) is 4.12. The highest BCUT2D eigenvalue weighted by Gasteiger charge is 2.15. The summed E-state index contributed by atoms with van der Waals surface area (Å²) in [6.45, 7) is 6.38. The lowest BCUT2D eigenvalue weighted by atomic mass is 10.0. The molecule has 0 bridgehead atoms. The van der Waals surface area contributed by atoms with Gasteiger partial charge in [0.25, 0.3) is 0 Å². The van der Waals surface area contributed by atoms with Gasteiger partial charge in [0.2, 0.25) is 0 Å². The van der Waals surface area contributed by atoms with Crippen LogP contribution < -0.4 is 11.1 Å². The minimum Gasteiger partial charge on any atom is -0.382 e. The van der Waals surface area contributed by atoms with E-state index in [1.54, 1.807) is 6.20 Å². The number of nitrogens with one attached hydrogen (secondary N) is 2. The van der Waals surface area contributed by atoms with Gasteiger partial charge in [-0.2, -0.15) is 5.10 Å². The molecular formula is C8H16N4. The molecule has 1 heterocycles. The van der Waals surface area contributed by atoms with Gasteiger partial charge in [-0.05, 0) is 20.3 Å². The molecule has 0 saturated carbocycles. The van der Waals surface area contributed by atoms with Gasteiger partial charge >= 0.3 is 0 Å². The number of aromatic nitrogens is 2. The Balaban J connectivity index is 2.70. The maximum atomic E-state index is 5.62. The van der Waals surface area contributed by atoms with Crippen molar-refractivity contribution in [3.63, 3.8) is 0 Å². The molecule has 0 aromatic carbocycles. The molecule has 0 aliphatic rings. The highest BCUT2D eigenvalue weighted by molar-refractivity contribution is 5.61. The summed E-state index contributed by atoms with van der Waals surface area (Å²) >= 11 is 0. The maximum absolute atomic E-state index is 5.62. The summed E-state index contributed by atoms with van der Waals surface area (Å²) < 4.78 is 0. The van der Waals surface area contributed by atoms with Crippen LogP contribution in [0.15, 0.2) is 6.20 Å². The lowest BCUT2D eigenvalue weighted by molar-refractivity contribution is 0.548. The lowest BCUT2D eigenvalue weighted by Gasteiger charge is -2.25. The zero-order valence-electron chi connectivity index (χ0n) is 7.81. The van der Waals surface area contributed by atoms with Crippen molar-refractivity contribution in [2.75, 3.05) is 11.1 Å². The van der Waals surface area contributed by atoms with E-state index in [0.717, 1.165) is 12.1 Å². The second-order valence-electron chi connectivity index (χ2n) is 3.56. The summed E-state index contributed by atoms with van der Waals surface area (Å²) in [7, 11) is 0. The van der Waals surface area contributed by atoms with Crippen molar-refractivity contribution in [2.45, 2.75) is 32.7 Å². The molecule has 4 N–H and O–H groups in total. The van der Waals surface area contributed by atoms with Gasteiger partial charge in [0.15, 0.2) is 0 Å². The van der Waals surface area contributed by atoms with Crippen LogP contribution in [0, 0.1) is 0 Å². The molecule has 68 valence electrons. The molecule has 0 amide bonds. The zero-order valence-corrected chi connectivity index (χ0v) is 7.81. The van der Waals surface area contributed by atoms with Crippen molar-refractivity contribution >= 4 is 11.5 Å². The van der Waals surface area contributed by atoms with Crippen LogP contribution in [0.3, 0.4) is 0 Å². The molecule has 1 aromatic heterocycles. The van der Waals surface area contributed by atoms with Crippen molar-refractivity contribution in [2.24, 2.45) is 0 Å². The molecule has 4 heteroatoms. The smallest absolute Gasteiger partial charge is 0.142 e. The third-order valence-electron chi connectivity index (χ3n) is 2.03. The Morgan fingerprint density at radius 2 is 2.33 bits per heavy atom. The molecule has 0 aliphatic carbocycles. The zero-order chi connectivity index (χ0) is 9.19. The Hall–Kier alpha value is -1.19. The minimum atomic E-state index is 0.0675. The van der Waals surface area contributed by atoms with E-state index in [1.165, 1.54) is 0 Å². The van der Waals surface area contributed by atoms with Gasteiger partial charge in [0.05, 0.1) is 11.9 Å². The van der Waals surface area contributed by atoms with Crippen molar-refractivity contribution in [3.05, 3.63) is 6.20 Å². The van der Waals surface area contributed by atoms with Gasteiger partial charge in [0, 0.05) is 5.54 Å². The summed E-state index contributed by atoms with van der Waals surface area (Å²) in [5, 5.41) is 9.81. The van der Waals surface area contributed by atoms with E-state index in [1.807, 2.05) is 0 Å². The molecule has 12 heavy (non-hydrogen) atoms. The SMILES string of the molecule is CCC(C)(C)Nc1cn[nH]c1N. The summed E-state index contributed by atoms with van der Waals surface area (Å²) in [6, 6.07) is 0. The fourth-order valence-electron chi connectivity index (χ4n) is 0.849. The van der Waals surface area contributed by atoms with E-state index < -0.39 is 0 Å². The predicted molar refractivity (Wildman–Crippen MR) is 51.0 cm³/mol. The second-order valence-corrected chi connectivity index (χ2v) is 3.56. The molecule has 0 fully saturated rings. The number of rotatable bonds is 3. The molecule has 0 radical (unpaired) electrons. The van der Waals surface area contributed by atoms with E-state index in [2.05, 4.69) is 36.3 Å². The largest absolute Gasteiger partial charge is 0.382 e. The fourth-order valence-corrected chi connectivity index (χ4v) is 0.849. The van der Waals surface area contributed by atoms with Gasteiger partial charge in [-0.3, -0.25) is 5.10 Å². The molecule has 0 unspecified atom stereocenters. The average molecular weight is 168 g/mol. The van der Waals surface area contributed by atoms with Gasteiger partial charge in [-0.15, -0.1) is 0 Å². The standard InChI is InChI=1S/C8H16N4/c1-4-8(2,3)11-6-5-10-12-7(6)9/h5,11H,4H2,1-3H3,(H3,9,10,12). The highest BCUT2D eigenvalue weighted by Crippen LogP contribution is 2.20. The monoisotopic (exact) mass is 168 g/mol. The Labute approximate surface area is 72.5 Å². The van der Waals surface area contributed by atoms with E-state index >= 15 is 0 Å². The van der Waals surface area contributed by atoms with Crippen LogP contribution in [0.4, 0.5) is 11.5 Å². The Morgan fingerprint density at radius 3 is 2.75 bits per heavy atom. The average Bonchev–Trinajstić information content (AvgIpc) is 2.36. The van der Waals surface area contributed by atoms with E-state index in [-0.39, 0.29) is 5.54 Å². The molecule has 0 atom stereocenters. The number of hydrogen-bond donors (Lipinski definition) is 3. The molecule has 0 saturated heterocycles. The summed E-state index contributed by atoms with van der Waals surface area (Å²) in [6.07, 6.45) is 2.74. The molecular weight excluding hydrogens is 152 g/mol. The van der Waals surface area contributed by atoms with Crippen molar-refractivity contribution in [1.29, 1.82) is 0 Å². The third kappa shape index (κ3) is 1.90. The molecule has 1 rings (SSSR count). The second kappa shape index (κ2) is 3.05. The van der Waals surface area contributed by atoms with Crippen LogP contribution in [0.25, 0.3) is 0 Å². The lowest BCUT2D eigenvalue weighted by Crippen LogP contribution is -2.29. The topological polar surface area (TPSA) is 66.7 Å². The number of aromatic amines is 1. The van der Waals surface area contributed by atoms with Crippen LogP contribution in [0.1, 0.15) is 27.2 Å². The number of nitrogen functional groups attached to an aromatic ring is 1. The maximum Gasteiger partial charge on any atom is 0.142 e. The summed E-state index contributed by atoms with van der Waals surface area (Å²) in [5.74, 6) is 0.594. The highest BCUT2D eigenvalue weighted by atomic mass is 15.2. The number of nitrogens with two attached hydrogens (primary N) is 1. The number of anilines is 2. The Bertz CT molecular complexity index is 251. The Morgan fingerprint density at radius 1 is 1.67 bits per heavy atom. The number of H-pyrrole nitrogens is 1. The molecule has 1 aromatic rings. The molecule has 0 aliphatic heterocycles. The van der Waals surface area contributed by atoms with Crippen molar-refractivity contribution in [3.8, 4) is 0 Å². The fraction of sp³-hybridized carbons (Fsp3) is 0.625. The number of nitrogens with zero attached hydrogens (tertiary/aromatic N) is 1. The number of hydrogen-bond acceptors (Lipinski definition) is 3. The van der Waals surface area contributed by atoms with Crippen LogP contribution in [0.2, 0.25) is 0 Å². The molecule has 4 nitrogen and oxygen atoms in total. The first kappa shape index (κ1) is 8.90. The van der Waals surface area contributed by atoms with Crippen molar-refractivity contribution < 1.29 is 0 Å². The molecule has 0 spiro atoms. The summed E-state index contributed by atoms with van der Waals surface area (Å²) in [5.41, 5.74) is 6.57. The van der Waals surface area contributed by atoms with Crippen LogP contribution >= 0.6 is 0 Å². The minimum absolute atomic E-state index is 0.0675. The predicted octanol–water partition coefficient (Wildman–Crippen LogP) is 1.59. The third-order valence-corrected chi connectivity index (χ3v) is 2.03. The first-order valence-corrected chi connectivity index (χ1v) is 4.12. The van der Waals surface area contributed by atoms with Gasteiger partial charge < -0.3 is 11.1 Å². The first-order chi connectivity index (χ1) is 5.55. The van der Waals surface area contributed by atoms with Crippen molar-refractivity contribution in [1.82, 2.24) is 10.2 Å². The quantitative estimate of drug-likeness (QED) is 0.642. The van der Waals surface area contributed by atoms with E-state index in [0.29, 0.717) is 5.82 Å². The van der Waals surface area contributed by atoms with Gasteiger partial charge in [-0.25, -0.2) is 0 Å². The van der Waals surface area contributed by atoms with Crippen LogP contribution in [-0.4, -0.2) is 15.7 Å². The normalized spacial score (nSPS) is 11.6. The van der Waals surface area contributed by atoms with Crippen LogP contribution in [0.5, 0.6) is 0 Å². The van der Waals surface area contributed by atoms with Crippen LogP contribution in [-0.2, 0) is 0 Å². The van der Waals surface area contributed by atoms with Gasteiger partial charge in [-0.1, -0.05) is 6.92 Å².